The highest BCUT2D eigenvalue weighted by atomic mass is 32.1. The monoisotopic (exact) mass is 361 g/mol. The van der Waals surface area contributed by atoms with Gasteiger partial charge in [-0.3, -0.25) is 20.2 Å². The molecule has 1 amide bonds. The molecule has 124 valence electrons. The number of carbonyl (C=O) groups excluding carboxylic acids is 1. The van der Waals surface area contributed by atoms with E-state index in [1.807, 2.05) is 17.5 Å². The molecule has 0 saturated carbocycles. The van der Waals surface area contributed by atoms with Crippen LogP contribution in [0.25, 0.3) is 6.08 Å². The van der Waals surface area contributed by atoms with Gasteiger partial charge in [0.2, 0.25) is 5.91 Å². The van der Waals surface area contributed by atoms with Gasteiger partial charge in [-0.25, -0.2) is 0 Å². The number of nitrogens with one attached hydrogen (secondary N) is 2. The molecule has 0 saturated heterocycles. The number of hydrogen-bond acceptors (Lipinski definition) is 5. The molecule has 0 bridgehead atoms. The third-order valence-electron chi connectivity index (χ3n) is 3.07. The zero-order chi connectivity index (χ0) is 17.7. The van der Waals surface area contributed by atoms with Gasteiger partial charge in [0.25, 0.3) is 5.69 Å². The third kappa shape index (κ3) is 4.71. The van der Waals surface area contributed by atoms with Crippen molar-refractivity contribution in [1.29, 1.82) is 0 Å². The van der Waals surface area contributed by atoms with E-state index in [0.29, 0.717) is 5.56 Å². The summed E-state index contributed by atoms with van der Waals surface area (Å²) < 4.78 is 0. The molecule has 24 heavy (non-hydrogen) atoms. The lowest BCUT2D eigenvalue weighted by Crippen LogP contribution is -2.33. The topological polar surface area (TPSA) is 84.3 Å². The number of thiophene rings is 1. The Morgan fingerprint density at radius 1 is 1.38 bits per heavy atom. The zero-order valence-electron chi connectivity index (χ0n) is 13.0. The van der Waals surface area contributed by atoms with E-state index in [-0.39, 0.29) is 16.5 Å². The predicted molar refractivity (Wildman–Crippen MR) is 100 cm³/mol. The number of rotatable bonds is 4. The summed E-state index contributed by atoms with van der Waals surface area (Å²) >= 11 is 6.57. The zero-order valence-corrected chi connectivity index (χ0v) is 14.7. The van der Waals surface area contributed by atoms with Gasteiger partial charge in [-0.2, -0.15) is 0 Å². The quantitative estimate of drug-likeness (QED) is 0.374. The van der Waals surface area contributed by atoms with Gasteiger partial charge in [0.15, 0.2) is 5.11 Å². The normalized spacial score (nSPS) is 10.6. The molecule has 2 N–H and O–H groups in total. The van der Waals surface area contributed by atoms with E-state index in [0.717, 1.165) is 10.4 Å². The molecule has 0 aliphatic carbocycles. The average molecular weight is 361 g/mol. The standard InChI is InChI=1S/C16H15N3O3S2/c1-10-8-11(2)15(13(9-10)19(21)22)18-16(23)17-14(20)6-5-12-4-3-7-24-12/h3-9H,1-2H3,(H2,17,18,20,23)/b6-5+. The lowest BCUT2D eigenvalue weighted by Gasteiger charge is -2.12. The number of nitrogens with zero attached hydrogens (tertiary/aromatic N) is 1. The fourth-order valence-electron chi connectivity index (χ4n) is 2.09. The van der Waals surface area contributed by atoms with Gasteiger partial charge in [0.1, 0.15) is 5.69 Å². The molecule has 0 aliphatic heterocycles. The molecular formula is C16H15N3O3S2. The first-order valence-corrected chi connectivity index (χ1v) is 8.25. The van der Waals surface area contributed by atoms with Crippen LogP contribution in [0, 0.1) is 24.0 Å². The minimum atomic E-state index is -0.483. The fourth-order valence-corrected chi connectivity index (χ4v) is 2.91. The molecule has 2 rings (SSSR count). The van der Waals surface area contributed by atoms with Gasteiger partial charge < -0.3 is 5.32 Å². The van der Waals surface area contributed by atoms with Crippen LogP contribution in [-0.4, -0.2) is 15.9 Å². The molecule has 6 nitrogen and oxygen atoms in total. The number of thiocarbonyl (C=S) groups is 1. The van der Waals surface area contributed by atoms with E-state index in [1.165, 1.54) is 23.5 Å². The number of nitro benzene ring substituents is 1. The van der Waals surface area contributed by atoms with Crippen LogP contribution in [0.15, 0.2) is 35.7 Å². The first kappa shape index (κ1) is 17.8. The third-order valence-corrected chi connectivity index (χ3v) is 4.11. The molecule has 0 aliphatic rings. The summed E-state index contributed by atoms with van der Waals surface area (Å²) in [5, 5.41) is 18.3. The Balaban J connectivity index is 2.07. The van der Waals surface area contributed by atoms with Crippen molar-refractivity contribution >= 4 is 52.0 Å². The summed E-state index contributed by atoms with van der Waals surface area (Å²) in [5.41, 5.74) is 1.64. The molecule has 1 heterocycles. The second-order valence-electron chi connectivity index (χ2n) is 5.03. The van der Waals surface area contributed by atoms with Crippen molar-refractivity contribution in [2.24, 2.45) is 0 Å². The largest absolute Gasteiger partial charge is 0.327 e. The van der Waals surface area contributed by atoms with Gasteiger partial charge in [-0.1, -0.05) is 12.1 Å². The van der Waals surface area contributed by atoms with E-state index >= 15 is 0 Å². The van der Waals surface area contributed by atoms with Gasteiger partial charge in [0.05, 0.1) is 4.92 Å². The average Bonchev–Trinajstić information content (AvgIpc) is 3.00. The maximum absolute atomic E-state index is 11.8. The molecule has 0 atom stereocenters. The number of anilines is 1. The van der Waals surface area contributed by atoms with Gasteiger partial charge >= 0.3 is 0 Å². The highest BCUT2D eigenvalue weighted by Gasteiger charge is 2.18. The number of amides is 1. The van der Waals surface area contributed by atoms with Crippen LogP contribution in [-0.2, 0) is 4.79 Å². The van der Waals surface area contributed by atoms with Gasteiger partial charge in [-0.05, 0) is 54.7 Å². The van der Waals surface area contributed by atoms with Crippen LogP contribution >= 0.6 is 23.6 Å². The first-order valence-electron chi connectivity index (χ1n) is 6.96. The molecule has 2 aromatic rings. The van der Waals surface area contributed by atoms with Crippen LogP contribution in [0.1, 0.15) is 16.0 Å². The van der Waals surface area contributed by atoms with Crippen molar-refractivity contribution in [3.8, 4) is 0 Å². The smallest absolute Gasteiger partial charge is 0.293 e. The van der Waals surface area contributed by atoms with E-state index in [1.54, 1.807) is 26.0 Å². The molecular weight excluding hydrogens is 346 g/mol. The molecule has 1 aromatic carbocycles. The maximum Gasteiger partial charge on any atom is 0.293 e. The van der Waals surface area contributed by atoms with E-state index in [2.05, 4.69) is 10.6 Å². The Morgan fingerprint density at radius 2 is 2.12 bits per heavy atom. The van der Waals surface area contributed by atoms with Gasteiger partial charge in [-0.15, -0.1) is 11.3 Å². The fraction of sp³-hybridized carbons (Fsp3) is 0.125. The lowest BCUT2D eigenvalue weighted by molar-refractivity contribution is -0.384. The summed E-state index contributed by atoms with van der Waals surface area (Å²) in [4.78, 5) is 23.5. The van der Waals surface area contributed by atoms with Crippen LogP contribution in [0.4, 0.5) is 11.4 Å². The number of benzene rings is 1. The minimum Gasteiger partial charge on any atom is -0.327 e. The molecule has 1 aromatic heterocycles. The predicted octanol–water partition coefficient (Wildman–Crippen LogP) is 3.80. The van der Waals surface area contributed by atoms with E-state index in [4.69, 9.17) is 12.2 Å². The highest BCUT2D eigenvalue weighted by molar-refractivity contribution is 7.80. The number of aryl methyl sites for hydroxylation is 2. The van der Waals surface area contributed by atoms with E-state index < -0.39 is 10.8 Å². The molecule has 0 fully saturated rings. The molecule has 0 unspecified atom stereocenters. The first-order chi connectivity index (χ1) is 11.4. The summed E-state index contributed by atoms with van der Waals surface area (Å²) in [6.45, 7) is 3.52. The van der Waals surface area contributed by atoms with Crippen molar-refractivity contribution in [1.82, 2.24) is 5.32 Å². The second-order valence-corrected chi connectivity index (χ2v) is 6.41. The van der Waals surface area contributed by atoms with Crippen molar-refractivity contribution in [3.05, 3.63) is 61.8 Å². The number of carbonyl (C=O) groups is 1. The Bertz CT molecular complexity index is 814. The molecule has 0 spiro atoms. The van der Waals surface area contributed by atoms with Gasteiger partial charge in [0, 0.05) is 17.0 Å². The SMILES string of the molecule is Cc1cc(C)c(NC(=S)NC(=O)/C=C/c2cccs2)c([N+](=O)[O-])c1. The van der Waals surface area contributed by atoms with Crippen molar-refractivity contribution < 1.29 is 9.72 Å². The van der Waals surface area contributed by atoms with Crippen molar-refractivity contribution in [3.63, 3.8) is 0 Å². The van der Waals surface area contributed by atoms with Crippen molar-refractivity contribution in [2.45, 2.75) is 13.8 Å². The number of hydrogen-bond donors (Lipinski definition) is 2. The highest BCUT2D eigenvalue weighted by Crippen LogP contribution is 2.29. The number of nitro groups is 1. The van der Waals surface area contributed by atoms with E-state index in [9.17, 15) is 14.9 Å². The Hall–Kier alpha value is -2.58. The lowest BCUT2D eigenvalue weighted by atomic mass is 10.1. The summed E-state index contributed by atoms with van der Waals surface area (Å²) in [6.07, 6.45) is 3.03. The van der Waals surface area contributed by atoms with Crippen LogP contribution < -0.4 is 10.6 Å². The summed E-state index contributed by atoms with van der Waals surface area (Å²) in [5.74, 6) is -0.409. The Labute approximate surface area is 148 Å². The van der Waals surface area contributed by atoms with Crippen LogP contribution in [0.5, 0.6) is 0 Å². The molecule has 0 radical (unpaired) electrons. The maximum atomic E-state index is 11.8. The van der Waals surface area contributed by atoms with Crippen LogP contribution in [0.2, 0.25) is 0 Å². The molecule has 8 heteroatoms. The second kappa shape index (κ2) is 7.80. The minimum absolute atomic E-state index is 0.00545. The Kier molecular flexibility index (Phi) is 5.78. The van der Waals surface area contributed by atoms with Crippen LogP contribution in [0.3, 0.4) is 0 Å². The Morgan fingerprint density at radius 3 is 2.75 bits per heavy atom. The summed E-state index contributed by atoms with van der Waals surface area (Å²) in [6, 6.07) is 7.02. The summed E-state index contributed by atoms with van der Waals surface area (Å²) in [7, 11) is 0. The van der Waals surface area contributed by atoms with Crippen molar-refractivity contribution in [2.75, 3.05) is 5.32 Å².